The van der Waals surface area contributed by atoms with E-state index in [2.05, 4.69) is 41.3 Å². The van der Waals surface area contributed by atoms with E-state index in [1.54, 1.807) is 7.11 Å². The molecule has 0 saturated carbocycles. The minimum atomic E-state index is 0. The molecule has 1 fully saturated rings. The zero-order valence-corrected chi connectivity index (χ0v) is 14.6. The van der Waals surface area contributed by atoms with Crippen LogP contribution in [0, 0.1) is 5.92 Å². The summed E-state index contributed by atoms with van der Waals surface area (Å²) in [7, 11) is 1.76. The molecule has 1 aliphatic rings. The van der Waals surface area contributed by atoms with Gasteiger partial charge in [-0.1, -0.05) is 30.3 Å². The number of rotatable bonds is 5. The molecule has 1 saturated heterocycles. The Balaban J connectivity index is 0.00000192. The second-order valence-electron chi connectivity index (χ2n) is 6.29. The van der Waals surface area contributed by atoms with Gasteiger partial charge in [0.05, 0.1) is 7.11 Å². The Labute approximate surface area is 145 Å². The van der Waals surface area contributed by atoms with Crippen LogP contribution in [-0.2, 0) is 6.54 Å². The van der Waals surface area contributed by atoms with Gasteiger partial charge in [-0.3, -0.25) is 4.90 Å². The molecule has 1 aliphatic heterocycles. The molecule has 2 aromatic rings. The van der Waals surface area contributed by atoms with Gasteiger partial charge in [-0.05, 0) is 55.1 Å². The largest absolute Gasteiger partial charge is 0.496 e. The second kappa shape index (κ2) is 8.53. The molecule has 23 heavy (non-hydrogen) atoms. The molecule has 0 spiro atoms. The normalized spacial score (nSPS) is 18.6. The van der Waals surface area contributed by atoms with E-state index in [4.69, 9.17) is 10.5 Å². The number of benzene rings is 2. The lowest BCUT2D eigenvalue weighted by Gasteiger charge is -2.33. The summed E-state index contributed by atoms with van der Waals surface area (Å²) in [5.41, 5.74) is 7.05. The molecule has 2 N–H and O–H groups in total. The van der Waals surface area contributed by atoms with Crippen LogP contribution in [0.4, 0.5) is 0 Å². The fourth-order valence-electron chi connectivity index (χ4n) is 3.66. The van der Waals surface area contributed by atoms with Gasteiger partial charge in [0, 0.05) is 18.7 Å². The number of fused-ring (bicyclic) bond motifs is 1. The highest BCUT2D eigenvalue weighted by Crippen LogP contribution is 2.30. The van der Waals surface area contributed by atoms with Crippen molar-refractivity contribution in [3.05, 3.63) is 42.0 Å². The van der Waals surface area contributed by atoms with Crippen LogP contribution >= 0.6 is 12.4 Å². The van der Waals surface area contributed by atoms with E-state index in [9.17, 15) is 0 Å². The van der Waals surface area contributed by atoms with Gasteiger partial charge in [0.25, 0.3) is 0 Å². The quantitative estimate of drug-likeness (QED) is 0.903. The Morgan fingerprint density at radius 3 is 2.83 bits per heavy atom. The monoisotopic (exact) mass is 334 g/mol. The number of piperidine rings is 1. The lowest BCUT2D eigenvalue weighted by molar-refractivity contribution is 0.162. The first kappa shape index (κ1) is 18.1. The topological polar surface area (TPSA) is 38.5 Å². The summed E-state index contributed by atoms with van der Waals surface area (Å²) in [4.78, 5) is 2.56. The summed E-state index contributed by atoms with van der Waals surface area (Å²) in [6.07, 6.45) is 3.74. The first-order valence-corrected chi connectivity index (χ1v) is 8.29. The average molecular weight is 335 g/mol. The maximum Gasteiger partial charge on any atom is 0.123 e. The first-order valence-electron chi connectivity index (χ1n) is 8.29. The summed E-state index contributed by atoms with van der Waals surface area (Å²) in [5.74, 6) is 1.75. The van der Waals surface area contributed by atoms with Crippen molar-refractivity contribution in [3.8, 4) is 5.75 Å². The summed E-state index contributed by atoms with van der Waals surface area (Å²) in [5, 5.41) is 2.59. The SMILES string of the molecule is COc1ccc2ccccc2c1CN1CCCC(CCN)C1.Cl. The van der Waals surface area contributed by atoms with Crippen LogP contribution in [0.5, 0.6) is 5.75 Å². The number of methoxy groups -OCH3 is 1. The van der Waals surface area contributed by atoms with Gasteiger partial charge in [0.15, 0.2) is 0 Å². The third kappa shape index (κ3) is 4.17. The Morgan fingerprint density at radius 1 is 1.22 bits per heavy atom. The number of hydrogen-bond donors (Lipinski definition) is 1. The summed E-state index contributed by atoms with van der Waals surface area (Å²) < 4.78 is 5.62. The number of ether oxygens (including phenoxy) is 1. The fourth-order valence-corrected chi connectivity index (χ4v) is 3.66. The molecule has 0 radical (unpaired) electrons. The van der Waals surface area contributed by atoms with Crippen LogP contribution in [0.25, 0.3) is 10.8 Å². The third-order valence-electron chi connectivity index (χ3n) is 4.78. The van der Waals surface area contributed by atoms with Crippen molar-refractivity contribution < 1.29 is 4.74 Å². The van der Waals surface area contributed by atoms with Crippen molar-refractivity contribution in [2.45, 2.75) is 25.8 Å². The van der Waals surface area contributed by atoms with Crippen molar-refractivity contribution >= 4 is 23.2 Å². The standard InChI is InChI=1S/C19H26N2O.ClH/c1-22-19-9-8-16-6-2-3-7-17(16)18(19)14-21-12-4-5-15(13-21)10-11-20;/h2-3,6-9,15H,4-5,10-14,20H2,1H3;1H. The lowest BCUT2D eigenvalue weighted by Crippen LogP contribution is -2.35. The maximum absolute atomic E-state index is 5.74. The molecular weight excluding hydrogens is 308 g/mol. The zero-order valence-electron chi connectivity index (χ0n) is 13.8. The van der Waals surface area contributed by atoms with E-state index >= 15 is 0 Å². The van der Waals surface area contributed by atoms with Gasteiger partial charge in [0.2, 0.25) is 0 Å². The van der Waals surface area contributed by atoms with Gasteiger partial charge in [0.1, 0.15) is 5.75 Å². The highest BCUT2D eigenvalue weighted by molar-refractivity contribution is 5.87. The van der Waals surface area contributed by atoms with E-state index in [1.165, 1.54) is 35.7 Å². The molecule has 4 heteroatoms. The molecule has 0 amide bonds. The Bertz CT molecular complexity index is 630. The van der Waals surface area contributed by atoms with E-state index in [0.29, 0.717) is 0 Å². The zero-order chi connectivity index (χ0) is 15.4. The van der Waals surface area contributed by atoms with Crippen LogP contribution in [0.3, 0.4) is 0 Å². The molecule has 1 unspecified atom stereocenters. The molecule has 1 atom stereocenters. The molecule has 126 valence electrons. The van der Waals surface area contributed by atoms with Crippen molar-refractivity contribution in [3.63, 3.8) is 0 Å². The predicted octanol–water partition coefficient (Wildman–Crippen LogP) is 3.83. The number of nitrogens with two attached hydrogens (primary N) is 1. The van der Waals surface area contributed by atoms with Crippen LogP contribution < -0.4 is 10.5 Å². The van der Waals surface area contributed by atoms with Crippen LogP contribution in [0.1, 0.15) is 24.8 Å². The number of nitrogens with zero attached hydrogens (tertiary/aromatic N) is 1. The van der Waals surface area contributed by atoms with Crippen molar-refractivity contribution in [1.82, 2.24) is 4.90 Å². The molecule has 3 rings (SSSR count). The van der Waals surface area contributed by atoms with Gasteiger partial charge < -0.3 is 10.5 Å². The van der Waals surface area contributed by atoms with Crippen LogP contribution in [-0.4, -0.2) is 31.6 Å². The summed E-state index contributed by atoms with van der Waals surface area (Å²) in [6.45, 7) is 4.10. The van der Waals surface area contributed by atoms with Crippen molar-refractivity contribution in [2.24, 2.45) is 11.7 Å². The van der Waals surface area contributed by atoms with Crippen molar-refractivity contribution in [2.75, 3.05) is 26.7 Å². The Hall–Kier alpha value is -1.29. The van der Waals surface area contributed by atoms with E-state index < -0.39 is 0 Å². The maximum atomic E-state index is 5.74. The fraction of sp³-hybridized carbons (Fsp3) is 0.474. The highest BCUT2D eigenvalue weighted by atomic mass is 35.5. The van der Waals surface area contributed by atoms with E-state index in [1.807, 2.05) is 0 Å². The van der Waals surface area contributed by atoms with Gasteiger partial charge in [-0.25, -0.2) is 0 Å². The molecule has 2 aromatic carbocycles. The minimum absolute atomic E-state index is 0. The van der Waals surface area contributed by atoms with E-state index in [0.717, 1.165) is 37.7 Å². The van der Waals surface area contributed by atoms with Crippen LogP contribution in [0.15, 0.2) is 36.4 Å². The average Bonchev–Trinajstić information content (AvgIpc) is 2.56. The van der Waals surface area contributed by atoms with Gasteiger partial charge >= 0.3 is 0 Å². The molecule has 1 heterocycles. The number of likely N-dealkylation sites (tertiary alicyclic amines) is 1. The predicted molar refractivity (Wildman–Crippen MR) is 99.4 cm³/mol. The number of hydrogen-bond acceptors (Lipinski definition) is 3. The molecule has 3 nitrogen and oxygen atoms in total. The van der Waals surface area contributed by atoms with Crippen LogP contribution in [0.2, 0.25) is 0 Å². The first-order chi connectivity index (χ1) is 10.8. The highest BCUT2D eigenvalue weighted by Gasteiger charge is 2.21. The van der Waals surface area contributed by atoms with E-state index in [-0.39, 0.29) is 12.4 Å². The third-order valence-corrected chi connectivity index (χ3v) is 4.78. The summed E-state index contributed by atoms with van der Waals surface area (Å²) in [6, 6.07) is 12.8. The molecule has 0 aromatic heterocycles. The van der Waals surface area contributed by atoms with Crippen molar-refractivity contribution in [1.29, 1.82) is 0 Å². The molecule has 0 bridgehead atoms. The summed E-state index contributed by atoms with van der Waals surface area (Å²) >= 11 is 0. The molecular formula is C19H27ClN2O. The van der Waals surface area contributed by atoms with Gasteiger partial charge in [-0.2, -0.15) is 0 Å². The second-order valence-corrected chi connectivity index (χ2v) is 6.29. The minimum Gasteiger partial charge on any atom is -0.496 e. The Kier molecular flexibility index (Phi) is 6.70. The number of halogens is 1. The Morgan fingerprint density at radius 2 is 2.04 bits per heavy atom. The molecule has 0 aliphatic carbocycles. The van der Waals surface area contributed by atoms with Gasteiger partial charge in [-0.15, -0.1) is 12.4 Å². The smallest absolute Gasteiger partial charge is 0.123 e. The lowest BCUT2D eigenvalue weighted by atomic mass is 9.94.